The van der Waals surface area contributed by atoms with Crippen LogP contribution in [0.2, 0.25) is 10.0 Å². The summed E-state index contributed by atoms with van der Waals surface area (Å²) in [6, 6.07) is 15.6. The van der Waals surface area contributed by atoms with Gasteiger partial charge in [0.2, 0.25) is 0 Å². The van der Waals surface area contributed by atoms with Crippen molar-refractivity contribution in [3.05, 3.63) is 75.4 Å². The maximum atomic E-state index is 6.26. The van der Waals surface area contributed by atoms with Crippen molar-refractivity contribution in [3.63, 3.8) is 0 Å². The van der Waals surface area contributed by atoms with E-state index in [4.69, 9.17) is 35.4 Å². The molecule has 3 rings (SSSR count). The molecule has 27 heavy (non-hydrogen) atoms. The van der Waals surface area contributed by atoms with Crippen molar-refractivity contribution in [2.75, 3.05) is 10.6 Å². The van der Waals surface area contributed by atoms with Gasteiger partial charge in [-0.3, -0.25) is 4.68 Å². The number of aryl methyl sites for hydroxylation is 2. The Morgan fingerprint density at radius 1 is 1.07 bits per heavy atom. The van der Waals surface area contributed by atoms with Crippen molar-refractivity contribution in [2.24, 2.45) is 0 Å². The van der Waals surface area contributed by atoms with Gasteiger partial charge in [0.15, 0.2) is 10.9 Å². The minimum Gasteiger partial charge on any atom is -0.332 e. The summed E-state index contributed by atoms with van der Waals surface area (Å²) in [7, 11) is 0. The van der Waals surface area contributed by atoms with Gasteiger partial charge in [-0.25, -0.2) is 0 Å². The zero-order valence-corrected chi connectivity index (χ0v) is 17.4. The molecule has 0 spiro atoms. The van der Waals surface area contributed by atoms with Gasteiger partial charge in [-0.05, 0) is 61.0 Å². The van der Waals surface area contributed by atoms with E-state index in [9.17, 15) is 0 Å². The molecule has 2 aromatic carbocycles. The van der Waals surface area contributed by atoms with Crippen molar-refractivity contribution in [1.29, 1.82) is 0 Å². The molecule has 0 amide bonds. The van der Waals surface area contributed by atoms with Crippen molar-refractivity contribution in [3.8, 4) is 0 Å². The molecule has 0 unspecified atom stereocenters. The third-order valence-corrected chi connectivity index (χ3v) is 4.97. The summed E-state index contributed by atoms with van der Waals surface area (Å²) in [6.07, 6.45) is 1.01. The molecule has 0 atom stereocenters. The standard InChI is InChI=1S/C20H20Cl2N4S/c1-3-14-4-8-17(9-5-14)23-20(27)24-19-10-13(2)26(25-19)12-15-6-7-16(21)11-18(15)22/h4-11H,3,12H2,1-2H3,(H2,23,24,25,27). The molecule has 1 heterocycles. The molecule has 0 radical (unpaired) electrons. The normalized spacial score (nSPS) is 10.7. The number of benzene rings is 2. The maximum Gasteiger partial charge on any atom is 0.176 e. The molecule has 0 aliphatic carbocycles. The van der Waals surface area contributed by atoms with Gasteiger partial charge < -0.3 is 10.6 Å². The quantitative estimate of drug-likeness (QED) is 0.504. The summed E-state index contributed by atoms with van der Waals surface area (Å²) in [5.74, 6) is 0.681. The Balaban J connectivity index is 1.65. The van der Waals surface area contributed by atoms with E-state index in [1.807, 2.05) is 41.9 Å². The average Bonchev–Trinajstić information content (AvgIpc) is 2.97. The van der Waals surface area contributed by atoms with Crippen LogP contribution in [0.4, 0.5) is 11.5 Å². The topological polar surface area (TPSA) is 41.9 Å². The summed E-state index contributed by atoms with van der Waals surface area (Å²) in [5.41, 5.74) is 4.18. The maximum absolute atomic E-state index is 6.26. The molecule has 7 heteroatoms. The number of hydrogen-bond donors (Lipinski definition) is 2. The van der Waals surface area contributed by atoms with Crippen LogP contribution in [-0.4, -0.2) is 14.9 Å². The number of thiocarbonyl (C=S) groups is 1. The first-order chi connectivity index (χ1) is 12.9. The largest absolute Gasteiger partial charge is 0.332 e. The zero-order chi connectivity index (χ0) is 19.4. The van der Waals surface area contributed by atoms with Crippen molar-refractivity contribution < 1.29 is 0 Å². The molecule has 140 valence electrons. The van der Waals surface area contributed by atoms with Gasteiger partial charge in [0, 0.05) is 27.5 Å². The molecule has 2 N–H and O–H groups in total. The predicted octanol–water partition coefficient (Wildman–Crippen LogP) is 5.92. The van der Waals surface area contributed by atoms with Gasteiger partial charge >= 0.3 is 0 Å². The van der Waals surface area contributed by atoms with Crippen LogP contribution in [0.3, 0.4) is 0 Å². The Bertz CT molecular complexity index is 951. The van der Waals surface area contributed by atoms with Gasteiger partial charge in [0.05, 0.1) is 6.54 Å². The Morgan fingerprint density at radius 3 is 2.48 bits per heavy atom. The molecule has 0 saturated heterocycles. The molecule has 0 aliphatic rings. The van der Waals surface area contributed by atoms with Crippen molar-refractivity contribution in [1.82, 2.24) is 9.78 Å². The van der Waals surface area contributed by atoms with Gasteiger partial charge in [-0.1, -0.05) is 48.3 Å². The highest BCUT2D eigenvalue weighted by Crippen LogP contribution is 2.22. The minimum absolute atomic E-state index is 0.494. The van der Waals surface area contributed by atoms with Crippen LogP contribution >= 0.6 is 35.4 Å². The molecule has 0 aliphatic heterocycles. The van der Waals surface area contributed by atoms with E-state index in [0.29, 0.717) is 27.5 Å². The highest BCUT2D eigenvalue weighted by Gasteiger charge is 2.09. The average molecular weight is 419 g/mol. The second-order valence-electron chi connectivity index (χ2n) is 6.19. The second kappa shape index (κ2) is 8.74. The van der Waals surface area contributed by atoms with E-state index in [2.05, 4.69) is 34.8 Å². The van der Waals surface area contributed by atoms with Crippen LogP contribution in [0.15, 0.2) is 48.5 Å². The molecular formula is C20H20Cl2N4S. The van der Waals surface area contributed by atoms with Gasteiger partial charge in [0.1, 0.15) is 0 Å². The molecule has 0 saturated carbocycles. The van der Waals surface area contributed by atoms with Crippen LogP contribution in [0, 0.1) is 6.92 Å². The number of hydrogen-bond acceptors (Lipinski definition) is 2. The summed E-state index contributed by atoms with van der Waals surface area (Å²) >= 11 is 17.6. The number of aromatic nitrogens is 2. The highest BCUT2D eigenvalue weighted by atomic mass is 35.5. The zero-order valence-electron chi connectivity index (χ0n) is 15.1. The van der Waals surface area contributed by atoms with Crippen LogP contribution in [-0.2, 0) is 13.0 Å². The third-order valence-electron chi connectivity index (χ3n) is 4.18. The van der Waals surface area contributed by atoms with E-state index in [1.54, 1.807) is 6.07 Å². The van der Waals surface area contributed by atoms with Crippen LogP contribution in [0.25, 0.3) is 0 Å². The van der Waals surface area contributed by atoms with Crippen LogP contribution in [0.1, 0.15) is 23.7 Å². The van der Waals surface area contributed by atoms with Gasteiger partial charge in [-0.2, -0.15) is 5.10 Å². The van der Waals surface area contributed by atoms with Crippen molar-refractivity contribution >= 4 is 52.0 Å². The Kier molecular flexibility index (Phi) is 6.37. The van der Waals surface area contributed by atoms with E-state index in [0.717, 1.165) is 23.4 Å². The first kappa shape index (κ1) is 19.7. The second-order valence-corrected chi connectivity index (χ2v) is 7.45. The summed E-state index contributed by atoms with van der Waals surface area (Å²) in [4.78, 5) is 0. The highest BCUT2D eigenvalue weighted by molar-refractivity contribution is 7.80. The lowest BCUT2D eigenvalue weighted by Crippen LogP contribution is -2.19. The number of nitrogens with zero attached hydrogens (tertiary/aromatic N) is 2. The minimum atomic E-state index is 0.494. The molecule has 4 nitrogen and oxygen atoms in total. The lowest BCUT2D eigenvalue weighted by Gasteiger charge is -2.09. The molecule has 1 aromatic heterocycles. The van der Waals surface area contributed by atoms with Crippen molar-refractivity contribution in [2.45, 2.75) is 26.8 Å². The lowest BCUT2D eigenvalue weighted by atomic mass is 10.1. The van der Waals surface area contributed by atoms with Gasteiger partial charge in [-0.15, -0.1) is 0 Å². The van der Waals surface area contributed by atoms with Crippen LogP contribution < -0.4 is 10.6 Å². The summed E-state index contributed by atoms with van der Waals surface area (Å²) in [6.45, 7) is 4.68. The SMILES string of the molecule is CCc1ccc(NC(=S)Nc2cc(C)n(Cc3ccc(Cl)cc3Cl)n2)cc1. The van der Waals surface area contributed by atoms with E-state index >= 15 is 0 Å². The molecule has 0 bridgehead atoms. The number of rotatable bonds is 5. The first-order valence-electron chi connectivity index (χ1n) is 8.60. The lowest BCUT2D eigenvalue weighted by molar-refractivity contribution is 0.668. The first-order valence-corrected chi connectivity index (χ1v) is 9.76. The van der Waals surface area contributed by atoms with E-state index in [1.165, 1.54) is 5.56 Å². The fourth-order valence-corrected chi connectivity index (χ4v) is 3.34. The Morgan fingerprint density at radius 2 is 1.81 bits per heavy atom. The van der Waals surface area contributed by atoms with E-state index < -0.39 is 0 Å². The Labute approximate surface area is 174 Å². The molecule has 3 aromatic rings. The van der Waals surface area contributed by atoms with Gasteiger partial charge in [0.25, 0.3) is 0 Å². The monoisotopic (exact) mass is 418 g/mol. The fourth-order valence-electron chi connectivity index (χ4n) is 2.65. The van der Waals surface area contributed by atoms with E-state index in [-0.39, 0.29) is 0 Å². The Hall–Kier alpha value is -2.08. The smallest absolute Gasteiger partial charge is 0.176 e. The molecular weight excluding hydrogens is 399 g/mol. The third kappa shape index (κ3) is 5.22. The predicted molar refractivity (Wildman–Crippen MR) is 118 cm³/mol. The van der Waals surface area contributed by atoms with Crippen LogP contribution in [0.5, 0.6) is 0 Å². The fraction of sp³-hybridized carbons (Fsp3) is 0.200. The summed E-state index contributed by atoms with van der Waals surface area (Å²) in [5, 5.41) is 12.6. The number of nitrogens with one attached hydrogen (secondary N) is 2. The number of halogens is 2. The molecule has 0 fully saturated rings. The number of anilines is 2. The summed E-state index contributed by atoms with van der Waals surface area (Å²) < 4.78 is 1.87.